The number of benzene rings is 1. The van der Waals surface area contributed by atoms with E-state index in [1.807, 2.05) is 18.2 Å². The second-order valence-electron chi connectivity index (χ2n) is 4.99. The van der Waals surface area contributed by atoms with Gasteiger partial charge in [0.1, 0.15) is 6.04 Å². The van der Waals surface area contributed by atoms with Gasteiger partial charge in [0, 0.05) is 13.0 Å². The van der Waals surface area contributed by atoms with Gasteiger partial charge in [-0.05, 0) is 24.8 Å². The average molecular weight is 289 g/mol. The number of hydrogen-bond acceptors (Lipinski definition) is 3. The molecule has 1 aliphatic heterocycles. The normalized spacial score (nSPS) is 17.2. The number of imide groups is 1. The first-order valence-corrected chi connectivity index (χ1v) is 7.07. The van der Waals surface area contributed by atoms with Gasteiger partial charge in [-0.15, -0.1) is 0 Å². The van der Waals surface area contributed by atoms with E-state index in [2.05, 4.69) is 28.1 Å². The molecule has 1 aromatic carbocycles. The molecule has 112 valence electrons. The van der Waals surface area contributed by atoms with Crippen molar-refractivity contribution < 1.29 is 14.4 Å². The van der Waals surface area contributed by atoms with Crippen LogP contribution in [0.2, 0.25) is 0 Å². The van der Waals surface area contributed by atoms with Crippen molar-refractivity contribution in [2.45, 2.75) is 31.7 Å². The van der Waals surface area contributed by atoms with E-state index in [0.717, 1.165) is 12.8 Å². The number of carbonyl (C=O) groups excluding carboxylic acids is 3. The lowest BCUT2D eigenvalue weighted by Crippen LogP contribution is -2.32. The van der Waals surface area contributed by atoms with Crippen LogP contribution in [0, 0.1) is 0 Å². The molecule has 0 radical (unpaired) electrons. The average Bonchev–Trinajstić information content (AvgIpc) is 2.80. The Labute approximate surface area is 123 Å². The van der Waals surface area contributed by atoms with E-state index < -0.39 is 12.1 Å². The van der Waals surface area contributed by atoms with Crippen LogP contribution in [0.5, 0.6) is 0 Å². The number of aryl methyl sites for hydroxylation is 1. The molecular weight excluding hydrogens is 270 g/mol. The van der Waals surface area contributed by atoms with Gasteiger partial charge in [-0.3, -0.25) is 14.9 Å². The first kappa shape index (κ1) is 15.0. The molecule has 0 saturated carbocycles. The number of hydrogen-bond donors (Lipinski definition) is 3. The van der Waals surface area contributed by atoms with Crippen LogP contribution in [0.15, 0.2) is 30.3 Å². The van der Waals surface area contributed by atoms with Crippen LogP contribution >= 0.6 is 0 Å². The predicted molar refractivity (Wildman–Crippen MR) is 77.5 cm³/mol. The van der Waals surface area contributed by atoms with E-state index in [1.54, 1.807) is 0 Å². The fraction of sp³-hybridized carbons (Fsp3) is 0.400. The summed E-state index contributed by atoms with van der Waals surface area (Å²) in [6.07, 6.45) is 2.34. The zero-order valence-electron chi connectivity index (χ0n) is 11.7. The van der Waals surface area contributed by atoms with E-state index in [9.17, 15) is 14.4 Å². The maximum Gasteiger partial charge on any atom is 0.322 e. The molecule has 6 nitrogen and oxygen atoms in total. The predicted octanol–water partition coefficient (Wildman–Crippen LogP) is 0.724. The SMILES string of the molecule is O=C(CC[C@@H]1NC(=O)NC1=O)NCCCc1ccccc1. The molecule has 0 aliphatic carbocycles. The van der Waals surface area contributed by atoms with Crippen molar-refractivity contribution in [3.05, 3.63) is 35.9 Å². The quantitative estimate of drug-likeness (QED) is 0.510. The monoisotopic (exact) mass is 289 g/mol. The third-order valence-corrected chi connectivity index (χ3v) is 3.33. The summed E-state index contributed by atoms with van der Waals surface area (Å²) in [5, 5.41) is 7.43. The van der Waals surface area contributed by atoms with Crippen molar-refractivity contribution in [2.75, 3.05) is 6.54 Å². The van der Waals surface area contributed by atoms with Crippen molar-refractivity contribution in [1.29, 1.82) is 0 Å². The van der Waals surface area contributed by atoms with Gasteiger partial charge in [-0.25, -0.2) is 4.79 Å². The van der Waals surface area contributed by atoms with Crippen LogP contribution < -0.4 is 16.0 Å². The molecule has 1 fully saturated rings. The van der Waals surface area contributed by atoms with Crippen molar-refractivity contribution in [3.63, 3.8) is 0 Å². The third kappa shape index (κ3) is 4.91. The fourth-order valence-corrected chi connectivity index (χ4v) is 2.19. The Kier molecular flexibility index (Phi) is 5.31. The maximum absolute atomic E-state index is 11.6. The molecule has 4 amide bonds. The summed E-state index contributed by atoms with van der Waals surface area (Å²) < 4.78 is 0. The lowest BCUT2D eigenvalue weighted by molar-refractivity contribution is -0.122. The van der Waals surface area contributed by atoms with Gasteiger partial charge >= 0.3 is 6.03 Å². The van der Waals surface area contributed by atoms with Gasteiger partial charge in [0.2, 0.25) is 5.91 Å². The van der Waals surface area contributed by atoms with Crippen molar-refractivity contribution in [3.8, 4) is 0 Å². The molecule has 21 heavy (non-hydrogen) atoms. The number of carbonyl (C=O) groups is 3. The molecule has 6 heteroatoms. The van der Waals surface area contributed by atoms with E-state index in [4.69, 9.17) is 0 Å². The highest BCUT2D eigenvalue weighted by molar-refractivity contribution is 6.04. The number of urea groups is 1. The second kappa shape index (κ2) is 7.42. The Hall–Kier alpha value is -2.37. The van der Waals surface area contributed by atoms with Crippen LogP contribution in [0.1, 0.15) is 24.8 Å². The van der Waals surface area contributed by atoms with E-state index in [1.165, 1.54) is 5.56 Å². The van der Waals surface area contributed by atoms with Crippen LogP contribution in [0.3, 0.4) is 0 Å². The van der Waals surface area contributed by atoms with Crippen LogP contribution in [0.4, 0.5) is 4.79 Å². The van der Waals surface area contributed by atoms with Crippen LogP contribution in [-0.2, 0) is 16.0 Å². The van der Waals surface area contributed by atoms with Crippen molar-refractivity contribution >= 4 is 17.8 Å². The van der Waals surface area contributed by atoms with Gasteiger partial charge in [-0.1, -0.05) is 30.3 Å². The largest absolute Gasteiger partial charge is 0.356 e. The number of nitrogens with one attached hydrogen (secondary N) is 3. The molecule has 0 bridgehead atoms. The Bertz CT molecular complexity index is 516. The maximum atomic E-state index is 11.6. The minimum Gasteiger partial charge on any atom is -0.356 e. The Morgan fingerprint density at radius 2 is 1.95 bits per heavy atom. The third-order valence-electron chi connectivity index (χ3n) is 3.33. The Morgan fingerprint density at radius 1 is 1.19 bits per heavy atom. The molecule has 1 heterocycles. The summed E-state index contributed by atoms with van der Waals surface area (Å²) >= 11 is 0. The smallest absolute Gasteiger partial charge is 0.322 e. The number of amides is 4. The topological polar surface area (TPSA) is 87.3 Å². The molecule has 1 atom stereocenters. The molecule has 0 aromatic heterocycles. The summed E-state index contributed by atoms with van der Waals surface area (Å²) in [6.45, 7) is 0.608. The second-order valence-corrected chi connectivity index (χ2v) is 4.99. The fourth-order valence-electron chi connectivity index (χ4n) is 2.19. The minimum atomic E-state index is -0.590. The Morgan fingerprint density at radius 3 is 2.62 bits per heavy atom. The van der Waals surface area contributed by atoms with E-state index in [0.29, 0.717) is 13.0 Å². The zero-order valence-corrected chi connectivity index (χ0v) is 11.7. The standard InChI is InChI=1S/C15H19N3O3/c19-13(9-8-12-14(20)18-15(21)17-12)16-10-4-7-11-5-2-1-3-6-11/h1-3,5-6,12H,4,7-10H2,(H,16,19)(H2,17,18,20,21)/t12-/m0/s1. The molecule has 0 spiro atoms. The summed E-state index contributed by atoms with van der Waals surface area (Å²) in [4.78, 5) is 33.8. The van der Waals surface area contributed by atoms with Gasteiger partial charge in [0.25, 0.3) is 5.91 Å². The van der Waals surface area contributed by atoms with Crippen molar-refractivity contribution in [2.24, 2.45) is 0 Å². The van der Waals surface area contributed by atoms with Crippen LogP contribution in [-0.4, -0.2) is 30.4 Å². The lowest BCUT2D eigenvalue weighted by Gasteiger charge is -2.08. The van der Waals surface area contributed by atoms with Gasteiger partial charge in [0.15, 0.2) is 0 Å². The lowest BCUT2D eigenvalue weighted by atomic mass is 10.1. The molecule has 1 saturated heterocycles. The minimum absolute atomic E-state index is 0.1000. The summed E-state index contributed by atoms with van der Waals surface area (Å²) in [5.74, 6) is -0.464. The molecule has 3 N–H and O–H groups in total. The van der Waals surface area contributed by atoms with Gasteiger partial charge in [-0.2, -0.15) is 0 Å². The summed E-state index contributed by atoms with van der Waals surface area (Å²) in [7, 11) is 0. The van der Waals surface area contributed by atoms with Gasteiger partial charge in [0.05, 0.1) is 0 Å². The van der Waals surface area contributed by atoms with E-state index >= 15 is 0 Å². The van der Waals surface area contributed by atoms with E-state index in [-0.39, 0.29) is 18.2 Å². The first-order chi connectivity index (χ1) is 10.1. The highest BCUT2D eigenvalue weighted by atomic mass is 16.2. The summed E-state index contributed by atoms with van der Waals surface area (Å²) in [5.41, 5.74) is 1.25. The van der Waals surface area contributed by atoms with Crippen LogP contribution in [0.25, 0.3) is 0 Å². The zero-order chi connectivity index (χ0) is 15.1. The molecule has 0 unspecified atom stereocenters. The van der Waals surface area contributed by atoms with Gasteiger partial charge < -0.3 is 10.6 Å². The van der Waals surface area contributed by atoms with Crippen molar-refractivity contribution in [1.82, 2.24) is 16.0 Å². The molecule has 1 aliphatic rings. The molecule has 1 aromatic rings. The molecular formula is C15H19N3O3. The Balaban J connectivity index is 1.58. The molecule has 2 rings (SSSR count). The first-order valence-electron chi connectivity index (χ1n) is 7.07. The highest BCUT2D eigenvalue weighted by Gasteiger charge is 2.29. The number of rotatable bonds is 7. The summed E-state index contributed by atoms with van der Waals surface area (Å²) in [6, 6.07) is 9.00. The highest BCUT2D eigenvalue weighted by Crippen LogP contribution is 2.03.